The van der Waals surface area contributed by atoms with Crippen LogP contribution in [-0.2, 0) is 16.0 Å². The lowest BCUT2D eigenvalue weighted by molar-refractivity contribution is -0.128. The lowest BCUT2D eigenvalue weighted by Crippen LogP contribution is -2.55. The first kappa shape index (κ1) is 28.6. The van der Waals surface area contributed by atoms with Gasteiger partial charge in [-0.25, -0.2) is 9.18 Å². The van der Waals surface area contributed by atoms with Crippen LogP contribution in [0.25, 0.3) is 11.1 Å². The van der Waals surface area contributed by atoms with Crippen molar-refractivity contribution < 1.29 is 23.5 Å². The minimum Gasteiger partial charge on any atom is -0.444 e. The zero-order chi connectivity index (χ0) is 28.3. The highest BCUT2D eigenvalue weighted by Gasteiger charge is 2.52. The first-order chi connectivity index (χ1) is 18.5. The number of fused-ring (bicyclic) bond motifs is 2. The molecule has 2 aliphatic rings. The van der Waals surface area contributed by atoms with E-state index in [2.05, 4.69) is 16.7 Å². The Labute approximate surface area is 232 Å². The molecule has 0 radical (unpaired) electrons. The average Bonchev–Trinajstić information content (AvgIpc) is 3.63. The van der Waals surface area contributed by atoms with Crippen molar-refractivity contribution in [3.05, 3.63) is 45.9 Å². The van der Waals surface area contributed by atoms with Gasteiger partial charge in [-0.2, -0.15) is 5.26 Å². The summed E-state index contributed by atoms with van der Waals surface area (Å²) in [5.74, 6) is -1.06. The second kappa shape index (κ2) is 11.7. The molecule has 1 saturated heterocycles. The van der Waals surface area contributed by atoms with Gasteiger partial charge in [-0.1, -0.05) is 19.1 Å². The molecule has 2 heterocycles. The number of ether oxygens (including phenoxy) is 1. The number of thiophene rings is 1. The third-order valence-electron chi connectivity index (χ3n) is 7.10. The number of hydrogen-bond donors (Lipinski definition) is 2. The van der Waals surface area contributed by atoms with Crippen LogP contribution in [0.5, 0.6) is 0 Å². The van der Waals surface area contributed by atoms with Crippen molar-refractivity contribution in [2.24, 2.45) is 5.92 Å². The minimum absolute atomic E-state index is 0.0115. The summed E-state index contributed by atoms with van der Waals surface area (Å²) in [6.07, 6.45) is 2.68. The molecule has 0 spiro atoms. The zero-order valence-corrected chi connectivity index (χ0v) is 23.6. The van der Waals surface area contributed by atoms with Crippen LogP contribution in [0.3, 0.4) is 0 Å². The fraction of sp³-hybridized carbons (Fsp3) is 0.517. The van der Waals surface area contributed by atoms with Gasteiger partial charge in [0.25, 0.3) is 5.91 Å². The summed E-state index contributed by atoms with van der Waals surface area (Å²) in [5.41, 5.74) is 0.953. The number of benzene rings is 1. The smallest absolute Gasteiger partial charge is 0.411 e. The number of piperidine rings is 1. The highest BCUT2D eigenvalue weighted by Crippen LogP contribution is 2.43. The summed E-state index contributed by atoms with van der Waals surface area (Å²) in [4.78, 5) is 40.4. The predicted molar refractivity (Wildman–Crippen MR) is 147 cm³/mol. The largest absolute Gasteiger partial charge is 0.444 e. The molecular weight excluding hydrogens is 519 g/mol. The minimum atomic E-state index is -0.965. The Morgan fingerprint density at radius 2 is 2.00 bits per heavy atom. The molecule has 1 aromatic carbocycles. The van der Waals surface area contributed by atoms with E-state index in [1.807, 2.05) is 6.92 Å². The third-order valence-corrected chi connectivity index (χ3v) is 8.03. The number of rotatable bonds is 8. The Bertz CT molecular complexity index is 1280. The van der Waals surface area contributed by atoms with Gasteiger partial charge in [0.1, 0.15) is 23.5 Å². The van der Waals surface area contributed by atoms with Crippen molar-refractivity contribution in [2.75, 3.05) is 6.54 Å². The Kier molecular flexibility index (Phi) is 8.60. The molecule has 2 bridgehead atoms. The van der Waals surface area contributed by atoms with Crippen LogP contribution in [0.4, 0.5) is 9.18 Å². The third kappa shape index (κ3) is 6.59. The SMILES string of the molecule is CCCNC(=O)c1cc(-c2ccc(C[C@@H](C#N)NC(=O)[C@@H]3[C@H]4CC[C@H](C4)N3C(=O)OC(C)(C)C)c(F)c2)cs1. The predicted octanol–water partition coefficient (Wildman–Crippen LogP) is 5.03. The number of hydrogen-bond acceptors (Lipinski definition) is 6. The van der Waals surface area contributed by atoms with Crippen LogP contribution in [0, 0.1) is 23.1 Å². The molecule has 39 heavy (non-hydrogen) atoms. The highest BCUT2D eigenvalue weighted by atomic mass is 32.1. The van der Waals surface area contributed by atoms with Gasteiger partial charge in [0, 0.05) is 19.0 Å². The lowest BCUT2D eigenvalue weighted by atomic mass is 9.97. The van der Waals surface area contributed by atoms with E-state index in [-0.39, 0.29) is 24.3 Å². The van der Waals surface area contributed by atoms with Crippen LogP contribution in [0.1, 0.15) is 68.6 Å². The van der Waals surface area contributed by atoms with E-state index in [0.29, 0.717) is 22.5 Å². The van der Waals surface area contributed by atoms with E-state index in [9.17, 15) is 19.6 Å². The van der Waals surface area contributed by atoms with Crippen molar-refractivity contribution in [3.8, 4) is 17.2 Å². The second-order valence-corrected chi connectivity index (χ2v) is 12.1. The molecule has 0 unspecified atom stereocenters. The molecule has 4 rings (SSSR count). The number of likely N-dealkylation sites (tertiary alicyclic amines) is 1. The average molecular weight is 555 g/mol. The summed E-state index contributed by atoms with van der Waals surface area (Å²) in [6, 6.07) is 6.78. The maximum atomic E-state index is 15.1. The molecule has 3 amide bonds. The molecule has 4 atom stereocenters. The Hall–Kier alpha value is -3.45. The molecule has 1 aromatic heterocycles. The van der Waals surface area contributed by atoms with E-state index in [1.54, 1.807) is 44.4 Å². The van der Waals surface area contributed by atoms with E-state index in [0.717, 1.165) is 31.2 Å². The van der Waals surface area contributed by atoms with Crippen LogP contribution in [-0.4, -0.2) is 53.1 Å². The van der Waals surface area contributed by atoms with E-state index in [4.69, 9.17) is 4.74 Å². The zero-order valence-electron chi connectivity index (χ0n) is 22.8. The topological polar surface area (TPSA) is 112 Å². The number of nitriles is 1. The van der Waals surface area contributed by atoms with Gasteiger partial charge in [-0.05, 0) is 86.6 Å². The molecular formula is C29H35FN4O4S. The van der Waals surface area contributed by atoms with Crippen LogP contribution < -0.4 is 10.6 Å². The molecule has 8 nitrogen and oxygen atoms in total. The first-order valence-corrected chi connectivity index (χ1v) is 14.3. The summed E-state index contributed by atoms with van der Waals surface area (Å²) in [5, 5.41) is 17.1. The second-order valence-electron chi connectivity index (χ2n) is 11.2. The quantitative estimate of drug-likeness (QED) is 0.475. The Morgan fingerprint density at radius 3 is 2.67 bits per heavy atom. The van der Waals surface area contributed by atoms with Crippen molar-refractivity contribution in [3.63, 3.8) is 0 Å². The molecule has 1 aliphatic heterocycles. The molecule has 2 aromatic rings. The normalized spacial score (nSPS) is 20.8. The van der Waals surface area contributed by atoms with Crippen LogP contribution in [0.15, 0.2) is 29.6 Å². The van der Waals surface area contributed by atoms with Gasteiger partial charge < -0.3 is 15.4 Å². The standard InChI is InChI=1S/C29H35FN4O4S/c1-5-10-32-26(35)24-14-20(16-39-24)17-6-7-18(23(30)13-17)11-21(15-31)33-27(36)25-19-8-9-22(12-19)34(25)28(37)38-29(2,3)4/h6-7,13-14,16,19,21-22,25H,5,8-12H2,1-4H3,(H,32,35)(H,33,36)/t19-,21-,22+,25-/m0/s1. The number of carbonyl (C=O) groups is 3. The molecule has 208 valence electrons. The first-order valence-electron chi connectivity index (χ1n) is 13.4. The lowest BCUT2D eigenvalue weighted by Gasteiger charge is -2.35. The van der Waals surface area contributed by atoms with Crippen molar-refractivity contribution in [1.29, 1.82) is 5.26 Å². The molecule has 1 saturated carbocycles. The summed E-state index contributed by atoms with van der Waals surface area (Å²) in [6.45, 7) is 7.90. The number of amides is 3. The van der Waals surface area contributed by atoms with Gasteiger partial charge in [0.05, 0.1) is 10.9 Å². The van der Waals surface area contributed by atoms with Crippen molar-refractivity contribution in [2.45, 2.75) is 83.5 Å². The number of nitrogens with one attached hydrogen (secondary N) is 2. The highest BCUT2D eigenvalue weighted by molar-refractivity contribution is 7.12. The number of carbonyl (C=O) groups excluding carboxylic acids is 3. The van der Waals surface area contributed by atoms with E-state index < -0.39 is 35.5 Å². The van der Waals surface area contributed by atoms with Crippen molar-refractivity contribution in [1.82, 2.24) is 15.5 Å². The maximum Gasteiger partial charge on any atom is 0.411 e. The van der Waals surface area contributed by atoms with Crippen LogP contribution in [0.2, 0.25) is 0 Å². The summed E-state index contributed by atoms with van der Waals surface area (Å²) in [7, 11) is 0. The Balaban J connectivity index is 1.42. The molecule has 1 aliphatic carbocycles. The van der Waals surface area contributed by atoms with Gasteiger partial charge in [0.15, 0.2) is 0 Å². The van der Waals surface area contributed by atoms with E-state index >= 15 is 4.39 Å². The van der Waals surface area contributed by atoms with Gasteiger partial charge in [-0.3, -0.25) is 14.5 Å². The van der Waals surface area contributed by atoms with Crippen LogP contribution >= 0.6 is 11.3 Å². The molecule has 2 N–H and O–H groups in total. The number of halogens is 1. The van der Waals surface area contributed by atoms with Gasteiger partial charge in [0.2, 0.25) is 5.91 Å². The summed E-state index contributed by atoms with van der Waals surface area (Å²) < 4.78 is 20.6. The maximum absolute atomic E-state index is 15.1. The summed E-state index contributed by atoms with van der Waals surface area (Å²) >= 11 is 1.29. The fourth-order valence-electron chi connectivity index (χ4n) is 5.33. The van der Waals surface area contributed by atoms with Gasteiger partial charge in [-0.15, -0.1) is 11.3 Å². The monoisotopic (exact) mass is 554 g/mol. The molecule has 2 fully saturated rings. The van der Waals surface area contributed by atoms with Crippen molar-refractivity contribution >= 4 is 29.2 Å². The fourth-order valence-corrected chi connectivity index (χ4v) is 6.17. The Morgan fingerprint density at radius 1 is 1.23 bits per heavy atom. The number of nitrogens with zero attached hydrogens (tertiary/aromatic N) is 2. The van der Waals surface area contributed by atoms with E-state index in [1.165, 1.54) is 22.3 Å². The molecule has 10 heteroatoms. The van der Waals surface area contributed by atoms with Gasteiger partial charge >= 0.3 is 6.09 Å².